The van der Waals surface area contributed by atoms with E-state index >= 15 is 0 Å². The van der Waals surface area contributed by atoms with Gasteiger partial charge in [-0.05, 0) is 19.3 Å². The summed E-state index contributed by atoms with van der Waals surface area (Å²) < 4.78 is 5.29. The minimum absolute atomic E-state index is 0.252. The minimum atomic E-state index is -0.252. The van der Waals surface area contributed by atoms with Crippen LogP contribution in [0.15, 0.2) is 12.3 Å². The van der Waals surface area contributed by atoms with Crippen molar-refractivity contribution in [2.75, 3.05) is 6.61 Å². The van der Waals surface area contributed by atoms with Gasteiger partial charge in [0.2, 0.25) is 0 Å². The van der Waals surface area contributed by atoms with Crippen molar-refractivity contribution in [1.29, 1.82) is 0 Å². The Labute approximate surface area is 80.8 Å². The van der Waals surface area contributed by atoms with Gasteiger partial charge in [-0.25, -0.2) is 0 Å². The van der Waals surface area contributed by atoms with Crippen molar-refractivity contribution < 1.29 is 4.74 Å². The lowest BCUT2D eigenvalue weighted by atomic mass is 9.98. The molecule has 0 N–H and O–H groups in total. The van der Waals surface area contributed by atoms with Crippen LogP contribution in [0.4, 0.5) is 0 Å². The summed E-state index contributed by atoms with van der Waals surface area (Å²) in [5.74, 6) is 0.425. The molecule has 0 heterocycles. The van der Waals surface area contributed by atoms with Crippen molar-refractivity contribution >= 4 is 11.6 Å². The van der Waals surface area contributed by atoms with Crippen LogP contribution in [-0.2, 0) is 4.74 Å². The van der Waals surface area contributed by atoms with Crippen molar-refractivity contribution in [1.82, 2.24) is 0 Å². The predicted molar refractivity (Wildman–Crippen MR) is 54.5 cm³/mol. The average molecular weight is 191 g/mol. The van der Waals surface area contributed by atoms with Gasteiger partial charge >= 0.3 is 0 Å². The summed E-state index contributed by atoms with van der Waals surface area (Å²) in [5.41, 5.74) is 0. The molecule has 0 amide bonds. The van der Waals surface area contributed by atoms with Crippen LogP contribution in [0.25, 0.3) is 0 Å². The maximum absolute atomic E-state index is 6.19. The van der Waals surface area contributed by atoms with Gasteiger partial charge in [-0.1, -0.05) is 26.8 Å². The first kappa shape index (κ1) is 11.8. The van der Waals surface area contributed by atoms with Crippen LogP contribution in [0, 0.1) is 5.92 Å². The number of hydrogen-bond acceptors (Lipinski definition) is 1. The van der Waals surface area contributed by atoms with Gasteiger partial charge in [0.15, 0.2) is 0 Å². The van der Waals surface area contributed by atoms with Gasteiger partial charge in [-0.3, -0.25) is 0 Å². The van der Waals surface area contributed by atoms with E-state index in [2.05, 4.69) is 20.8 Å². The van der Waals surface area contributed by atoms with E-state index in [1.165, 1.54) is 0 Å². The molecule has 0 rings (SSSR count). The predicted octanol–water partition coefficient (Wildman–Crippen LogP) is 3.58. The molecule has 0 aliphatic heterocycles. The van der Waals surface area contributed by atoms with Crippen LogP contribution >= 0.6 is 11.6 Å². The smallest absolute Gasteiger partial charge is 0.106 e. The highest BCUT2D eigenvalue weighted by Crippen LogP contribution is 2.24. The summed E-state index contributed by atoms with van der Waals surface area (Å²) in [4.78, 5) is -0.252. The molecule has 0 saturated heterocycles. The van der Waals surface area contributed by atoms with Crippen LogP contribution in [0.5, 0.6) is 0 Å². The monoisotopic (exact) mass is 190 g/mol. The Morgan fingerprint density at radius 3 is 2.50 bits per heavy atom. The Balaban J connectivity index is 3.68. The number of halogens is 1. The standard InChI is InChI=1S/C10H19ClO/c1-5-6-7-12-8-10(4,11)9(2)3/h6-7,9H,5,8H2,1-4H3/b7-6+. The van der Waals surface area contributed by atoms with Crippen molar-refractivity contribution in [2.24, 2.45) is 5.92 Å². The molecule has 0 aliphatic rings. The van der Waals surface area contributed by atoms with Gasteiger partial charge in [0.05, 0.1) is 11.1 Å². The van der Waals surface area contributed by atoms with E-state index in [1.807, 2.05) is 13.0 Å². The van der Waals surface area contributed by atoms with E-state index in [9.17, 15) is 0 Å². The topological polar surface area (TPSA) is 9.23 Å². The quantitative estimate of drug-likeness (QED) is 0.476. The van der Waals surface area contributed by atoms with E-state index in [4.69, 9.17) is 16.3 Å². The number of hydrogen-bond donors (Lipinski definition) is 0. The lowest BCUT2D eigenvalue weighted by Gasteiger charge is -2.25. The second-order valence-electron chi connectivity index (χ2n) is 3.52. The summed E-state index contributed by atoms with van der Waals surface area (Å²) in [7, 11) is 0. The zero-order valence-electron chi connectivity index (χ0n) is 8.43. The van der Waals surface area contributed by atoms with Crippen molar-refractivity contribution in [2.45, 2.75) is 39.0 Å². The molecule has 0 fully saturated rings. The minimum Gasteiger partial charge on any atom is -0.500 e. The van der Waals surface area contributed by atoms with Gasteiger partial charge < -0.3 is 4.74 Å². The lowest BCUT2D eigenvalue weighted by Crippen LogP contribution is -2.29. The molecule has 0 aromatic rings. The van der Waals surface area contributed by atoms with Crippen LogP contribution in [0.3, 0.4) is 0 Å². The van der Waals surface area contributed by atoms with Crippen molar-refractivity contribution in [3.05, 3.63) is 12.3 Å². The lowest BCUT2D eigenvalue weighted by molar-refractivity contribution is 0.191. The van der Waals surface area contributed by atoms with E-state index in [0.717, 1.165) is 6.42 Å². The van der Waals surface area contributed by atoms with Gasteiger partial charge in [0.25, 0.3) is 0 Å². The van der Waals surface area contributed by atoms with Crippen LogP contribution in [0.2, 0.25) is 0 Å². The molecule has 0 saturated carbocycles. The molecular formula is C10H19ClO. The SMILES string of the molecule is CC/C=C/OCC(C)(Cl)C(C)C. The Morgan fingerprint density at radius 1 is 1.50 bits per heavy atom. The summed E-state index contributed by atoms with van der Waals surface area (Å²) in [6.07, 6.45) is 4.71. The highest BCUT2D eigenvalue weighted by Gasteiger charge is 2.25. The molecule has 72 valence electrons. The molecule has 2 heteroatoms. The summed E-state index contributed by atoms with van der Waals surface area (Å²) >= 11 is 6.19. The summed E-state index contributed by atoms with van der Waals surface area (Å²) in [6.45, 7) is 8.84. The fourth-order valence-corrected chi connectivity index (χ4v) is 0.605. The van der Waals surface area contributed by atoms with Gasteiger partial charge in [-0.15, -0.1) is 11.6 Å². The second kappa shape index (κ2) is 5.47. The summed E-state index contributed by atoms with van der Waals surface area (Å²) in [5, 5.41) is 0. The fourth-order valence-electron chi connectivity index (χ4n) is 0.542. The normalized spacial score (nSPS) is 16.8. The average Bonchev–Trinajstić information content (AvgIpc) is 1.98. The van der Waals surface area contributed by atoms with E-state index < -0.39 is 0 Å². The maximum Gasteiger partial charge on any atom is 0.106 e. The maximum atomic E-state index is 6.19. The van der Waals surface area contributed by atoms with Crippen LogP contribution in [0.1, 0.15) is 34.1 Å². The van der Waals surface area contributed by atoms with Gasteiger partial charge in [-0.2, -0.15) is 0 Å². The molecule has 1 unspecified atom stereocenters. The molecule has 0 aliphatic carbocycles. The Morgan fingerprint density at radius 2 is 2.08 bits per heavy atom. The Bertz CT molecular complexity index is 139. The Kier molecular flexibility index (Phi) is 5.39. The number of rotatable bonds is 5. The van der Waals surface area contributed by atoms with Crippen molar-refractivity contribution in [3.63, 3.8) is 0 Å². The first-order valence-electron chi connectivity index (χ1n) is 4.46. The third kappa shape index (κ3) is 4.66. The van der Waals surface area contributed by atoms with E-state index in [0.29, 0.717) is 12.5 Å². The molecular weight excluding hydrogens is 172 g/mol. The zero-order valence-corrected chi connectivity index (χ0v) is 9.19. The second-order valence-corrected chi connectivity index (χ2v) is 4.39. The number of alkyl halides is 1. The van der Waals surface area contributed by atoms with Crippen LogP contribution < -0.4 is 0 Å². The zero-order chi connectivity index (χ0) is 9.61. The molecule has 12 heavy (non-hydrogen) atoms. The Hall–Kier alpha value is -0.170. The van der Waals surface area contributed by atoms with Gasteiger partial charge in [0.1, 0.15) is 6.61 Å². The number of ether oxygens (including phenoxy) is 1. The molecule has 0 bridgehead atoms. The van der Waals surface area contributed by atoms with E-state index in [-0.39, 0.29) is 4.87 Å². The first-order valence-corrected chi connectivity index (χ1v) is 4.84. The third-order valence-electron chi connectivity index (χ3n) is 2.00. The highest BCUT2D eigenvalue weighted by atomic mass is 35.5. The van der Waals surface area contributed by atoms with Crippen LogP contribution in [-0.4, -0.2) is 11.5 Å². The fraction of sp³-hybridized carbons (Fsp3) is 0.800. The highest BCUT2D eigenvalue weighted by molar-refractivity contribution is 6.24. The molecule has 0 spiro atoms. The largest absolute Gasteiger partial charge is 0.500 e. The molecule has 0 aromatic carbocycles. The van der Waals surface area contributed by atoms with Crippen molar-refractivity contribution in [3.8, 4) is 0 Å². The summed E-state index contributed by atoms with van der Waals surface area (Å²) in [6, 6.07) is 0. The first-order chi connectivity index (χ1) is 5.50. The molecule has 1 nitrogen and oxygen atoms in total. The van der Waals surface area contributed by atoms with Gasteiger partial charge in [0, 0.05) is 0 Å². The molecule has 0 aromatic heterocycles. The number of allylic oxidation sites excluding steroid dienone is 1. The third-order valence-corrected chi connectivity index (χ3v) is 2.54. The molecule has 1 atom stereocenters. The van der Waals surface area contributed by atoms with E-state index in [1.54, 1.807) is 6.26 Å². The molecule has 0 radical (unpaired) electrons.